The molecule has 0 radical (unpaired) electrons. The standard InChI is InChI=1S/C20H21ClN4O2S/c1-20(2)26-16-14(25-8-7-13-18(22)23-10-24-19(13)25)9-15(17(16)27-20)28-12-5-3-11(21)4-6-12/h3-8,10,14-17H,9H2,1-2H3,(H2,22,23,24)/t14-,15+,16+,17-/m1/s1. The zero-order valence-electron chi connectivity index (χ0n) is 15.6. The van der Waals surface area contributed by atoms with Gasteiger partial charge in [-0.1, -0.05) is 11.6 Å². The topological polar surface area (TPSA) is 75.2 Å². The summed E-state index contributed by atoms with van der Waals surface area (Å²) in [6.07, 6.45) is 4.40. The Morgan fingerprint density at radius 1 is 1.14 bits per heavy atom. The molecule has 2 N–H and O–H groups in total. The van der Waals surface area contributed by atoms with Gasteiger partial charge in [-0.15, -0.1) is 11.8 Å². The third-order valence-corrected chi connectivity index (χ3v) is 6.94. The smallest absolute Gasteiger partial charge is 0.163 e. The van der Waals surface area contributed by atoms with Gasteiger partial charge in [-0.3, -0.25) is 0 Å². The molecule has 2 aromatic heterocycles. The zero-order valence-corrected chi connectivity index (χ0v) is 17.2. The summed E-state index contributed by atoms with van der Waals surface area (Å²) < 4.78 is 14.8. The molecule has 146 valence electrons. The third kappa shape index (κ3) is 3.06. The highest BCUT2D eigenvalue weighted by atomic mass is 35.5. The van der Waals surface area contributed by atoms with Crippen LogP contribution in [0.3, 0.4) is 0 Å². The molecule has 28 heavy (non-hydrogen) atoms. The van der Waals surface area contributed by atoms with Crippen molar-refractivity contribution in [2.75, 3.05) is 5.73 Å². The van der Waals surface area contributed by atoms with Crippen molar-refractivity contribution in [2.45, 2.75) is 54.5 Å². The van der Waals surface area contributed by atoms with Gasteiger partial charge in [0, 0.05) is 21.4 Å². The first-order chi connectivity index (χ1) is 13.4. The van der Waals surface area contributed by atoms with Crippen molar-refractivity contribution in [2.24, 2.45) is 0 Å². The summed E-state index contributed by atoms with van der Waals surface area (Å²) in [6.45, 7) is 3.95. The maximum Gasteiger partial charge on any atom is 0.163 e. The summed E-state index contributed by atoms with van der Waals surface area (Å²) in [4.78, 5) is 9.74. The summed E-state index contributed by atoms with van der Waals surface area (Å²) in [5, 5.41) is 1.87. The van der Waals surface area contributed by atoms with E-state index in [0.29, 0.717) is 5.82 Å². The van der Waals surface area contributed by atoms with E-state index < -0.39 is 5.79 Å². The second-order valence-corrected chi connectivity index (χ2v) is 9.45. The number of halogens is 1. The maximum atomic E-state index is 6.32. The summed E-state index contributed by atoms with van der Waals surface area (Å²) in [7, 11) is 0. The van der Waals surface area contributed by atoms with E-state index in [4.69, 9.17) is 26.8 Å². The second-order valence-electron chi connectivity index (χ2n) is 7.70. The Morgan fingerprint density at radius 3 is 2.68 bits per heavy atom. The van der Waals surface area contributed by atoms with Gasteiger partial charge in [0.15, 0.2) is 5.79 Å². The number of aromatic nitrogens is 3. The predicted octanol–water partition coefficient (Wildman–Crippen LogP) is 4.29. The van der Waals surface area contributed by atoms with E-state index in [2.05, 4.69) is 26.7 Å². The van der Waals surface area contributed by atoms with E-state index in [9.17, 15) is 0 Å². The number of benzene rings is 1. The molecule has 6 nitrogen and oxygen atoms in total. The fourth-order valence-corrected chi connectivity index (χ4v) is 5.65. The molecular formula is C20H21ClN4O2S. The quantitative estimate of drug-likeness (QED) is 0.686. The van der Waals surface area contributed by atoms with Crippen molar-refractivity contribution in [1.82, 2.24) is 14.5 Å². The second kappa shape index (κ2) is 6.62. The van der Waals surface area contributed by atoms with E-state index in [0.717, 1.165) is 22.5 Å². The van der Waals surface area contributed by atoms with Gasteiger partial charge in [-0.05, 0) is 50.6 Å². The number of anilines is 1. The molecule has 1 aliphatic carbocycles. The Bertz CT molecular complexity index is 1020. The largest absolute Gasteiger partial charge is 0.383 e. The molecule has 1 saturated carbocycles. The number of thioether (sulfide) groups is 1. The van der Waals surface area contributed by atoms with Gasteiger partial charge in [-0.25, -0.2) is 9.97 Å². The Balaban J connectivity index is 1.50. The van der Waals surface area contributed by atoms with E-state index in [1.807, 2.05) is 50.0 Å². The Labute approximate surface area is 172 Å². The fraction of sp³-hybridized carbons (Fsp3) is 0.400. The minimum Gasteiger partial charge on any atom is -0.383 e. The van der Waals surface area contributed by atoms with Crippen LogP contribution in [0.25, 0.3) is 11.0 Å². The van der Waals surface area contributed by atoms with Gasteiger partial charge in [0.1, 0.15) is 30.0 Å². The number of hydrogen-bond acceptors (Lipinski definition) is 6. The number of hydrogen-bond donors (Lipinski definition) is 1. The van der Waals surface area contributed by atoms with Gasteiger partial charge in [0.05, 0.1) is 11.4 Å². The van der Waals surface area contributed by atoms with Crippen LogP contribution in [0.5, 0.6) is 0 Å². The number of ether oxygens (including phenoxy) is 2. The highest BCUT2D eigenvalue weighted by Gasteiger charge is 2.55. The number of fused-ring (bicyclic) bond motifs is 2. The van der Waals surface area contributed by atoms with Gasteiger partial charge >= 0.3 is 0 Å². The van der Waals surface area contributed by atoms with Crippen LogP contribution in [0.1, 0.15) is 26.3 Å². The third-order valence-electron chi connectivity index (χ3n) is 5.38. The van der Waals surface area contributed by atoms with Crippen LogP contribution in [-0.2, 0) is 9.47 Å². The zero-order chi connectivity index (χ0) is 19.5. The first kappa shape index (κ1) is 18.2. The van der Waals surface area contributed by atoms with E-state index in [-0.39, 0.29) is 23.5 Å². The lowest BCUT2D eigenvalue weighted by Gasteiger charge is -2.24. The number of nitrogens with two attached hydrogens (primary N) is 1. The molecule has 3 heterocycles. The number of nitrogen functional groups attached to an aromatic ring is 1. The normalized spacial score (nSPS) is 28.7. The molecule has 1 aliphatic heterocycles. The lowest BCUT2D eigenvalue weighted by Crippen LogP contribution is -2.27. The lowest BCUT2D eigenvalue weighted by molar-refractivity contribution is -0.154. The van der Waals surface area contributed by atoms with E-state index >= 15 is 0 Å². The molecule has 2 aliphatic rings. The average molecular weight is 417 g/mol. The Morgan fingerprint density at radius 2 is 1.89 bits per heavy atom. The molecule has 1 aromatic carbocycles. The van der Waals surface area contributed by atoms with Crippen molar-refractivity contribution in [1.29, 1.82) is 0 Å². The SMILES string of the molecule is CC1(C)O[C@@H]2[C@H](O1)[C@@H](Sc1ccc(Cl)cc1)C[C@H]2n1ccc2c(N)ncnc21. The van der Waals surface area contributed by atoms with E-state index in [1.165, 1.54) is 11.2 Å². The summed E-state index contributed by atoms with van der Waals surface area (Å²) in [6, 6.07) is 10.0. The summed E-state index contributed by atoms with van der Waals surface area (Å²) in [5.41, 5.74) is 6.86. The Hall–Kier alpha value is -1.80. The van der Waals surface area contributed by atoms with Crippen LogP contribution in [0.4, 0.5) is 5.82 Å². The molecule has 1 saturated heterocycles. The van der Waals surface area contributed by atoms with Crippen molar-refractivity contribution < 1.29 is 9.47 Å². The fourth-order valence-electron chi connectivity index (χ4n) is 4.24. The lowest BCUT2D eigenvalue weighted by atomic mass is 10.2. The van der Waals surface area contributed by atoms with E-state index in [1.54, 1.807) is 0 Å². The molecule has 2 fully saturated rings. The molecule has 4 atom stereocenters. The maximum absolute atomic E-state index is 6.32. The molecule has 0 amide bonds. The van der Waals surface area contributed by atoms with Gasteiger partial charge in [-0.2, -0.15) is 0 Å². The monoisotopic (exact) mass is 416 g/mol. The first-order valence-electron chi connectivity index (χ1n) is 9.26. The van der Waals surface area contributed by atoms with Gasteiger partial charge in [0.2, 0.25) is 0 Å². The predicted molar refractivity (Wildman–Crippen MR) is 111 cm³/mol. The summed E-state index contributed by atoms with van der Waals surface area (Å²) in [5.74, 6) is -0.113. The van der Waals surface area contributed by atoms with Crippen molar-refractivity contribution >= 4 is 40.2 Å². The van der Waals surface area contributed by atoms with Crippen LogP contribution in [0, 0.1) is 0 Å². The Kier molecular flexibility index (Phi) is 4.32. The van der Waals surface area contributed by atoms with Crippen molar-refractivity contribution in [3.8, 4) is 0 Å². The molecule has 0 unspecified atom stereocenters. The summed E-state index contributed by atoms with van der Waals surface area (Å²) >= 11 is 7.85. The first-order valence-corrected chi connectivity index (χ1v) is 10.5. The number of nitrogens with zero attached hydrogens (tertiary/aromatic N) is 3. The van der Waals surface area contributed by atoms with Crippen molar-refractivity contribution in [3.63, 3.8) is 0 Å². The van der Waals surface area contributed by atoms with Gasteiger partial charge in [0.25, 0.3) is 0 Å². The molecule has 3 aromatic rings. The van der Waals surface area contributed by atoms with Gasteiger partial charge < -0.3 is 19.8 Å². The van der Waals surface area contributed by atoms with Crippen molar-refractivity contribution in [3.05, 3.63) is 47.9 Å². The van der Waals surface area contributed by atoms with Crippen LogP contribution >= 0.6 is 23.4 Å². The van der Waals surface area contributed by atoms with Crippen LogP contribution in [-0.4, -0.2) is 37.8 Å². The number of rotatable bonds is 3. The molecule has 0 bridgehead atoms. The van der Waals surface area contributed by atoms with Crippen LogP contribution < -0.4 is 5.73 Å². The van der Waals surface area contributed by atoms with Crippen LogP contribution in [0.2, 0.25) is 5.02 Å². The molecule has 8 heteroatoms. The molecular weight excluding hydrogens is 396 g/mol. The molecule has 0 spiro atoms. The van der Waals surface area contributed by atoms with Crippen LogP contribution in [0.15, 0.2) is 47.8 Å². The highest BCUT2D eigenvalue weighted by Crippen LogP contribution is 2.50. The molecule has 5 rings (SSSR count). The minimum absolute atomic E-state index is 0.00249. The highest BCUT2D eigenvalue weighted by molar-refractivity contribution is 8.00. The minimum atomic E-state index is -0.607. The average Bonchev–Trinajstić information content (AvgIpc) is 3.30.